The van der Waals surface area contributed by atoms with Crippen LogP contribution >= 0.6 is 0 Å². The molecule has 3 atom stereocenters. The molecule has 1 nitrogen and oxygen atoms in total. The predicted octanol–water partition coefficient (Wildman–Crippen LogP) is 5.58. The Morgan fingerprint density at radius 2 is 1.80 bits per heavy atom. The second-order valence-corrected chi connectivity index (χ2v) is 5.32. The summed E-state index contributed by atoms with van der Waals surface area (Å²) in [6.07, 6.45) is 4.79. The average molecular weight is 277 g/mol. The number of hydrogen-bond acceptors (Lipinski definition) is 1. The first-order valence-corrected chi connectivity index (χ1v) is 7.99. The number of aromatic nitrogens is 1. The smallest absolute Gasteiger partial charge is 0.141 e. The topological polar surface area (TPSA) is 12.9 Å². The van der Waals surface area contributed by atoms with E-state index >= 15 is 0 Å². The number of hydrogen-bond donors (Lipinski definition) is 0. The highest BCUT2D eigenvalue weighted by Crippen LogP contribution is 2.60. The van der Waals surface area contributed by atoms with Crippen LogP contribution in [0.4, 0.5) is 4.39 Å². The summed E-state index contributed by atoms with van der Waals surface area (Å²) in [5, 5.41) is 0. The maximum atomic E-state index is 12.7. The van der Waals surface area contributed by atoms with Crippen molar-refractivity contribution in [3.05, 3.63) is 35.9 Å². The normalized spacial score (nSPS) is 25.8. The van der Waals surface area contributed by atoms with Crippen LogP contribution in [0.2, 0.25) is 0 Å². The molecule has 0 N–H and O–H groups in total. The van der Waals surface area contributed by atoms with Gasteiger partial charge in [-0.1, -0.05) is 47.6 Å². The lowest BCUT2D eigenvalue weighted by Gasteiger charge is -2.08. The van der Waals surface area contributed by atoms with Gasteiger partial charge in [-0.25, -0.2) is 4.39 Å². The minimum atomic E-state index is -0.257. The molecule has 2 heteroatoms. The van der Waals surface area contributed by atoms with Gasteiger partial charge in [0, 0.05) is 0 Å². The minimum absolute atomic E-state index is 0.257. The molecule has 3 unspecified atom stereocenters. The Balaban J connectivity index is 0.000000461. The zero-order valence-electron chi connectivity index (χ0n) is 13.7. The van der Waals surface area contributed by atoms with Gasteiger partial charge in [0.2, 0.25) is 0 Å². The Bertz CT molecular complexity index is 433. The molecule has 0 aliphatic heterocycles. The van der Waals surface area contributed by atoms with Crippen LogP contribution in [0.1, 0.15) is 53.7 Å². The Kier molecular flexibility index (Phi) is 6.38. The van der Waals surface area contributed by atoms with Gasteiger partial charge in [0.15, 0.2) is 0 Å². The van der Waals surface area contributed by atoms with E-state index < -0.39 is 0 Å². The number of allylic oxidation sites excluding steroid dienone is 2. The molecule has 2 aliphatic rings. The summed E-state index contributed by atoms with van der Waals surface area (Å²) in [6.45, 7) is 12.6. The van der Waals surface area contributed by atoms with Crippen molar-refractivity contribution in [2.45, 2.75) is 48.0 Å². The Morgan fingerprint density at radius 1 is 1.15 bits per heavy atom. The number of pyridine rings is 1. The molecular weight excluding hydrogens is 249 g/mol. The Morgan fingerprint density at radius 3 is 2.20 bits per heavy atom. The second kappa shape index (κ2) is 7.56. The Hall–Kier alpha value is -1.18. The number of fused-ring (bicyclic) bond motifs is 1. The lowest BCUT2D eigenvalue weighted by atomic mass is 9.99. The van der Waals surface area contributed by atoms with Crippen LogP contribution in [-0.2, 0) is 0 Å². The van der Waals surface area contributed by atoms with Crippen molar-refractivity contribution in [2.24, 2.45) is 23.7 Å². The molecule has 0 spiro atoms. The summed E-state index contributed by atoms with van der Waals surface area (Å²) in [7, 11) is 0. The first-order valence-electron chi connectivity index (χ1n) is 7.99. The van der Waals surface area contributed by atoms with Gasteiger partial charge in [0.1, 0.15) is 5.82 Å². The highest BCUT2D eigenvalue weighted by Gasteiger charge is 2.53. The number of nitrogens with zero attached hydrogens (tertiary/aromatic N) is 1. The fourth-order valence-electron chi connectivity index (χ4n) is 3.18. The summed E-state index contributed by atoms with van der Waals surface area (Å²) in [5.41, 5.74) is 2.27. The van der Waals surface area contributed by atoms with E-state index in [2.05, 4.69) is 24.9 Å². The lowest BCUT2D eigenvalue weighted by molar-refractivity contribution is 0.509. The van der Waals surface area contributed by atoms with Crippen LogP contribution in [0.3, 0.4) is 0 Å². The second-order valence-electron chi connectivity index (χ2n) is 5.32. The fraction of sp³-hybridized carbons (Fsp3) is 0.611. The maximum Gasteiger partial charge on any atom is 0.141 e. The third-order valence-electron chi connectivity index (χ3n) is 3.97. The molecule has 1 fully saturated rings. The zero-order valence-corrected chi connectivity index (χ0v) is 13.7. The monoisotopic (exact) mass is 277 g/mol. The molecular formula is C18H28FN. The van der Waals surface area contributed by atoms with Gasteiger partial charge in [-0.15, -0.1) is 0 Å². The first kappa shape index (κ1) is 16.9. The molecule has 0 radical (unpaired) electrons. The Labute approximate surface area is 123 Å². The van der Waals surface area contributed by atoms with E-state index in [1.54, 1.807) is 6.07 Å². The van der Waals surface area contributed by atoms with Gasteiger partial charge in [-0.2, -0.15) is 0 Å². The van der Waals surface area contributed by atoms with Crippen LogP contribution in [0, 0.1) is 29.5 Å². The van der Waals surface area contributed by atoms with Crippen LogP contribution in [-0.4, -0.2) is 4.98 Å². The molecule has 1 aromatic rings. The standard InChI is InChI=1S/C14H16FN.2C2H6/c1-8(2)14-11-5-9(6-12(11)14)13-4-3-10(15)7-16-13;2*1-2/h3-5,7-8,11-12,14H,6H2,1-2H3;2*1-2H3. The summed E-state index contributed by atoms with van der Waals surface area (Å²) < 4.78 is 12.7. The summed E-state index contributed by atoms with van der Waals surface area (Å²) >= 11 is 0. The largest absolute Gasteiger partial charge is 0.254 e. The van der Waals surface area contributed by atoms with Crippen molar-refractivity contribution in [3.8, 4) is 0 Å². The van der Waals surface area contributed by atoms with Crippen molar-refractivity contribution in [3.63, 3.8) is 0 Å². The third kappa shape index (κ3) is 3.47. The molecule has 0 amide bonds. The van der Waals surface area contributed by atoms with Gasteiger partial charge < -0.3 is 0 Å². The van der Waals surface area contributed by atoms with Crippen molar-refractivity contribution in [2.75, 3.05) is 0 Å². The van der Waals surface area contributed by atoms with Crippen molar-refractivity contribution >= 4 is 5.57 Å². The molecule has 2 aliphatic carbocycles. The molecule has 20 heavy (non-hydrogen) atoms. The van der Waals surface area contributed by atoms with Crippen LogP contribution in [0.5, 0.6) is 0 Å². The molecule has 3 rings (SSSR count). The van der Waals surface area contributed by atoms with Crippen LogP contribution in [0.25, 0.3) is 5.57 Å². The van der Waals surface area contributed by atoms with Gasteiger partial charge in [-0.05, 0) is 47.8 Å². The van der Waals surface area contributed by atoms with Gasteiger partial charge >= 0.3 is 0 Å². The molecule has 0 aromatic carbocycles. The fourth-order valence-corrected chi connectivity index (χ4v) is 3.18. The van der Waals surface area contributed by atoms with Gasteiger partial charge in [0.05, 0.1) is 11.9 Å². The van der Waals surface area contributed by atoms with E-state index in [9.17, 15) is 4.39 Å². The van der Waals surface area contributed by atoms with Crippen molar-refractivity contribution in [1.29, 1.82) is 0 Å². The van der Waals surface area contributed by atoms with Crippen molar-refractivity contribution in [1.82, 2.24) is 4.98 Å². The SMILES string of the molecule is CC.CC.CC(C)C1C2C=C(c3ccc(F)cn3)CC21. The summed E-state index contributed by atoms with van der Waals surface area (Å²) in [4.78, 5) is 4.14. The average Bonchev–Trinajstić information content (AvgIpc) is 3.00. The highest BCUT2D eigenvalue weighted by molar-refractivity contribution is 5.67. The number of rotatable bonds is 2. The molecule has 1 heterocycles. The summed E-state index contributed by atoms with van der Waals surface area (Å²) in [6, 6.07) is 3.28. The maximum absolute atomic E-state index is 12.7. The van der Waals surface area contributed by atoms with Gasteiger partial charge in [-0.3, -0.25) is 4.98 Å². The molecule has 1 aromatic heterocycles. The summed E-state index contributed by atoms with van der Waals surface area (Å²) in [5.74, 6) is 3.01. The zero-order chi connectivity index (χ0) is 15.3. The van der Waals surface area contributed by atoms with Crippen molar-refractivity contribution < 1.29 is 4.39 Å². The first-order chi connectivity index (χ1) is 9.66. The minimum Gasteiger partial charge on any atom is -0.254 e. The van der Waals surface area contributed by atoms with E-state index in [0.717, 1.165) is 35.8 Å². The van der Waals surface area contributed by atoms with E-state index in [1.165, 1.54) is 17.8 Å². The molecule has 112 valence electrons. The van der Waals surface area contributed by atoms with Crippen LogP contribution in [0.15, 0.2) is 24.4 Å². The van der Waals surface area contributed by atoms with E-state index in [1.807, 2.05) is 27.7 Å². The van der Waals surface area contributed by atoms with Crippen LogP contribution < -0.4 is 0 Å². The quantitative estimate of drug-likeness (QED) is 0.687. The van der Waals surface area contributed by atoms with E-state index in [-0.39, 0.29) is 5.82 Å². The lowest BCUT2D eigenvalue weighted by Crippen LogP contribution is -1.98. The number of halogens is 1. The predicted molar refractivity (Wildman–Crippen MR) is 84.8 cm³/mol. The third-order valence-corrected chi connectivity index (χ3v) is 3.97. The van der Waals surface area contributed by atoms with E-state index in [4.69, 9.17) is 0 Å². The highest BCUT2D eigenvalue weighted by atomic mass is 19.1. The molecule has 0 saturated heterocycles. The van der Waals surface area contributed by atoms with Gasteiger partial charge in [0.25, 0.3) is 0 Å². The molecule has 0 bridgehead atoms. The van der Waals surface area contributed by atoms with E-state index in [0.29, 0.717) is 0 Å². The molecule has 1 saturated carbocycles.